The van der Waals surface area contributed by atoms with E-state index in [-0.39, 0.29) is 23.1 Å². The Labute approximate surface area is 169 Å². The zero-order valence-corrected chi connectivity index (χ0v) is 17.5. The van der Waals surface area contributed by atoms with Crippen LogP contribution in [-0.4, -0.2) is 31.2 Å². The number of nitrogens with one attached hydrogen (secondary N) is 2. The highest BCUT2D eigenvalue weighted by molar-refractivity contribution is 8.00. The van der Waals surface area contributed by atoms with Gasteiger partial charge in [0.1, 0.15) is 0 Å². The van der Waals surface area contributed by atoms with Crippen molar-refractivity contribution in [2.24, 2.45) is 0 Å². The van der Waals surface area contributed by atoms with Gasteiger partial charge in [0.05, 0.1) is 21.6 Å². The largest absolute Gasteiger partial charge is 0.326 e. The topological polar surface area (TPSA) is 92.3 Å². The average molecular weight is 419 g/mol. The van der Waals surface area contributed by atoms with E-state index in [2.05, 4.69) is 10.6 Å². The number of anilines is 2. The molecule has 2 aromatic carbocycles. The normalized spacial score (nSPS) is 14.8. The van der Waals surface area contributed by atoms with E-state index in [0.29, 0.717) is 17.1 Å². The van der Waals surface area contributed by atoms with Crippen LogP contribution in [0.25, 0.3) is 0 Å². The van der Waals surface area contributed by atoms with Gasteiger partial charge < -0.3 is 10.6 Å². The van der Waals surface area contributed by atoms with E-state index in [1.54, 1.807) is 6.07 Å². The van der Waals surface area contributed by atoms with Crippen LogP contribution < -0.4 is 10.6 Å². The van der Waals surface area contributed by atoms with E-state index < -0.39 is 15.1 Å². The molecule has 148 valence electrons. The van der Waals surface area contributed by atoms with Crippen molar-refractivity contribution in [3.63, 3.8) is 0 Å². The molecule has 8 heteroatoms. The van der Waals surface area contributed by atoms with Gasteiger partial charge in [-0.3, -0.25) is 9.59 Å². The fourth-order valence-electron chi connectivity index (χ4n) is 3.00. The molecule has 3 rings (SSSR count). The van der Waals surface area contributed by atoms with Gasteiger partial charge in [-0.25, -0.2) is 8.42 Å². The van der Waals surface area contributed by atoms with E-state index in [0.717, 1.165) is 16.0 Å². The van der Waals surface area contributed by atoms with Crippen LogP contribution in [0.4, 0.5) is 11.4 Å². The third kappa shape index (κ3) is 4.39. The van der Waals surface area contributed by atoms with Crippen LogP contribution in [0.2, 0.25) is 0 Å². The van der Waals surface area contributed by atoms with E-state index in [9.17, 15) is 18.0 Å². The summed E-state index contributed by atoms with van der Waals surface area (Å²) in [6, 6.07) is 10.3. The fraction of sp³-hybridized carbons (Fsp3) is 0.300. The second-order valence-electron chi connectivity index (χ2n) is 6.92. The Morgan fingerprint density at radius 1 is 1.21 bits per heavy atom. The first-order valence-corrected chi connectivity index (χ1v) is 11.4. The first-order chi connectivity index (χ1) is 13.2. The molecule has 6 nitrogen and oxygen atoms in total. The maximum atomic E-state index is 12.9. The van der Waals surface area contributed by atoms with Gasteiger partial charge in [0, 0.05) is 17.0 Å². The third-order valence-electron chi connectivity index (χ3n) is 4.57. The molecular formula is C20H22N2O4S2. The quantitative estimate of drug-likeness (QED) is 0.775. The number of carbonyl (C=O) groups excluding carboxylic acids is 2. The summed E-state index contributed by atoms with van der Waals surface area (Å²) in [6.45, 7) is 5.37. The van der Waals surface area contributed by atoms with Crippen LogP contribution in [0.15, 0.2) is 46.2 Å². The highest BCUT2D eigenvalue weighted by Crippen LogP contribution is 2.34. The number of aryl methyl sites for hydroxylation is 2. The molecule has 0 unspecified atom stereocenters. The maximum Gasteiger partial charge on any atom is 0.234 e. The van der Waals surface area contributed by atoms with Crippen LogP contribution in [0, 0.1) is 13.8 Å². The molecule has 2 amide bonds. The van der Waals surface area contributed by atoms with Gasteiger partial charge in [-0.1, -0.05) is 17.7 Å². The average Bonchev–Trinajstić information content (AvgIpc) is 2.63. The first kappa shape index (κ1) is 20.4. The van der Waals surface area contributed by atoms with Gasteiger partial charge in [-0.2, -0.15) is 0 Å². The van der Waals surface area contributed by atoms with Crippen molar-refractivity contribution >= 4 is 44.8 Å². The molecule has 1 aliphatic heterocycles. The Balaban J connectivity index is 1.74. The molecule has 0 bridgehead atoms. The van der Waals surface area contributed by atoms with Gasteiger partial charge in [0.15, 0.2) is 9.84 Å². The maximum absolute atomic E-state index is 12.9. The Morgan fingerprint density at radius 2 is 1.96 bits per heavy atom. The summed E-state index contributed by atoms with van der Waals surface area (Å²) in [5, 5.41) is 4.58. The number of sulfone groups is 1. The van der Waals surface area contributed by atoms with E-state index in [1.165, 1.54) is 30.8 Å². The molecule has 2 N–H and O–H groups in total. The number of rotatable bonds is 5. The monoisotopic (exact) mass is 418 g/mol. The molecule has 28 heavy (non-hydrogen) atoms. The van der Waals surface area contributed by atoms with Crippen LogP contribution in [0.5, 0.6) is 0 Å². The minimum atomic E-state index is -3.72. The van der Waals surface area contributed by atoms with Gasteiger partial charge in [-0.15, -0.1) is 11.8 Å². The van der Waals surface area contributed by atoms with Crippen molar-refractivity contribution in [2.75, 3.05) is 16.4 Å². The summed E-state index contributed by atoms with van der Waals surface area (Å²) in [5.74, 6) is -0.202. The smallest absolute Gasteiger partial charge is 0.234 e. The predicted octanol–water partition coefficient (Wildman–Crippen LogP) is 3.54. The highest BCUT2D eigenvalue weighted by atomic mass is 32.2. The van der Waals surface area contributed by atoms with Gasteiger partial charge in [-0.05, 0) is 50.6 Å². The SMILES string of the molecule is Cc1ccc(NC(=O)C[C@@H](C)S(=O)(=O)c2ccc3c(c2)NC(=O)CS3)c(C)c1. The molecule has 0 spiro atoms. The Hall–Kier alpha value is -2.32. The summed E-state index contributed by atoms with van der Waals surface area (Å²) < 4.78 is 25.8. The Kier molecular flexibility index (Phi) is 5.81. The van der Waals surface area contributed by atoms with Crippen LogP contribution in [0.1, 0.15) is 24.5 Å². The van der Waals surface area contributed by atoms with Crippen molar-refractivity contribution in [3.05, 3.63) is 47.5 Å². The molecule has 1 atom stereocenters. The molecule has 1 aliphatic rings. The lowest BCUT2D eigenvalue weighted by atomic mass is 10.1. The summed E-state index contributed by atoms with van der Waals surface area (Å²) >= 11 is 1.37. The van der Waals surface area contributed by atoms with Crippen molar-refractivity contribution in [1.29, 1.82) is 0 Å². The van der Waals surface area contributed by atoms with Crippen LogP contribution in [0.3, 0.4) is 0 Å². The molecule has 2 aromatic rings. The lowest BCUT2D eigenvalue weighted by Gasteiger charge is -2.19. The zero-order chi connectivity index (χ0) is 20.5. The second-order valence-corrected chi connectivity index (χ2v) is 10.3. The highest BCUT2D eigenvalue weighted by Gasteiger charge is 2.27. The number of fused-ring (bicyclic) bond motifs is 1. The molecule has 0 aromatic heterocycles. The fourth-order valence-corrected chi connectivity index (χ4v) is 5.16. The second kappa shape index (κ2) is 7.97. The lowest BCUT2D eigenvalue weighted by molar-refractivity contribution is -0.116. The van der Waals surface area contributed by atoms with Gasteiger partial charge in [0.25, 0.3) is 0 Å². The summed E-state index contributed by atoms with van der Waals surface area (Å²) in [4.78, 5) is 24.9. The Morgan fingerprint density at radius 3 is 2.68 bits per heavy atom. The summed E-state index contributed by atoms with van der Waals surface area (Å²) in [7, 11) is -3.72. The number of carbonyl (C=O) groups is 2. The van der Waals surface area contributed by atoms with Crippen LogP contribution in [-0.2, 0) is 19.4 Å². The molecule has 0 saturated heterocycles. The third-order valence-corrected chi connectivity index (χ3v) is 7.78. The van der Waals surface area contributed by atoms with Gasteiger partial charge >= 0.3 is 0 Å². The predicted molar refractivity (Wildman–Crippen MR) is 112 cm³/mol. The number of hydrogen-bond acceptors (Lipinski definition) is 5. The first-order valence-electron chi connectivity index (χ1n) is 8.84. The van der Waals surface area contributed by atoms with E-state index in [1.807, 2.05) is 32.0 Å². The molecular weight excluding hydrogens is 396 g/mol. The minimum Gasteiger partial charge on any atom is -0.326 e. The number of benzene rings is 2. The summed E-state index contributed by atoms with van der Waals surface area (Å²) in [5.41, 5.74) is 3.18. The van der Waals surface area contributed by atoms with E-state index in [4.69, 9.17) is 0 Å². The lowest BCUT2D eigenvalue weighted by Crippen LogP contribution is -2.26. The van der Waals surface area contributed by atoms with E-state index >= 15 is 0 Å². The van der Waals surface area contributed by atoms with Crippen molar-refractivity contribution in [1.82, 2.24) is 0 Å². The molecule has 0 saturated carbocycles. The van der Waals surface area contributed by atoms with Gasteiger partial charge in [0.2, 0.25) is 11.8 Å². The summed E-state index contributed by atoms with van der Waals surface area (Å²) in [6.07, 6.45) is -0.159. The molecule has 0 radical (unpaired) electrons. The molecule has 1 heterocycles. The molecule has 0 fully saturated rings. The van der Waals surface area contributed by atoms with Crippen molar-refractivity contribution in [3.8, 4) is 0 Å². The minimum absolute atomic E-state index is 0.0980. The molecule has 0 aliphatic carbocycles. The number of hydrogen-bond donors (Lipinski definition) is 2. The Bertz CT molecular complexity index is 1050. The van der Waals surface area contributed by atoms with Crippen molar-refractivity contribution in [2.45, 2.75) is 42.2 Å². The number of amides is 2. The van der Waals surface area contributed by atoms with Crippen LogP contribution >= 0.6 is 11.8 Å². The standard InChI is InChI=1S/C20H22N2O4S2/c1-12-4-6-16(13(2)8-12)21-19(23)9-14(3)28(25,26)15-5-7-18-17(10-15)22-20(24)11-27-18/h4-8,10,14H,9,11H2,1-3H3,(H,21,23)(H,22,24)/t14-/m1/s1. The zero-order valence-electron chi connectivity index (χ0n) is 15.9. The van der Waals surface area contributed by atoms with Crippen molar-refractivity contribution < 1.29 is 18.0 Å². The number of thioether (sulfide) groups is 1.